The molecule has 0 saturated carbocycles. The van der Waals surface area contributed by atoms with Crippen LogP contribution in [0.5, 0.6) is 0 Å². The summed E-state index contributed by atoms with van der Waals surface area (Å²) in [6.07, 6.45) is 1.47. The number of nitrogens with one attached hydrogen (secondary N) is 3. The van der Waals surface area contributed by atoms with Crippen LogP contribution in [0, 0.1) is 0 Å². The second-order valence-electron chi connectivity index (χ2n) is 6.76. The quantitative estimate of drug-likeness (QED) is 0.147. The van der Waals surface area contributed by atoms with Crippen molar-refractivity contribution in [3.8, 4) is 0 Å². The van der Waals surface area contributed by atoms with Crippen LogP contribution in [0.1, 0.15) is 46.0 Å². The number of carboxylic acid groups (broad SMARTS) is 1. The Bertz CT molecular complexity index is 599. The van der Waals surface area contributed by atoms with Crippen molar-refractivity contribution in [3.63, 3.8) is 0 Å². The summed E-state index contributed by atoms with van der Waals surface area (Å²) in [6.45, 7) is 3.10. The minimum absolute atomic E-state index is 0.0811. The van der Waals surface area contributed by atoms with Crippen LogP contribution in [-0.4, -0.2) is 65.4 Å². The molecule has 0 aliphatic rings. The van der Waals surface area contributed by atoms with E-state index in [0.717, 1.165) is 0 Å². The third-order valence-corrected chi connectivity index (χ3v) is 4.10. The molecule has 0 aromatic heterocycles. The van der Waals surface area contributed by atoms with E-state index >= 15 is 0 Å². The van der Waals surface area contributed by atoms with Gasteiger partial charge in [0.05, 0.1) is 6.04 Å². The van der Waals surface area contributed by atoms with Gasteiger partial charge in [0.1, 0.15) is 18.1 Å². The minimum Gasteiger partial charge on any atom is -0.480 e. The fraction of sp³-hybridized carbons (Fsp3) is 0.706. The monoisotopic (exact) mass is 416 g/mol. The zero-order chi connectivity index (χ0) is 22.6. The molecule has 0 aromatic carbocycles. The predicted molar refractivity (Wildman–Crippen MR) is 104 cm³/mol. The predicted octanol–water partition coefficient (Wildman–Crippen LogP) is -2.71. The molecule has 0 radical (unpaired) electrons. The van der Waals surface area contributed by atoms with E-state index in [0.29, 0.717) is 25.8 Å². The van der Waals surface area contributed by atoms with Gasteiger partial charge in [-0.1, -0.05) is 6.42 Å². The molecule has 4 atom stereocenters. The van der Waals surface area contributed by atoms with Crippen LogP contribution in [-0.2, 0) is 24.0 Å². The molecule has 0 saturated heterocycles. The number of unbranched alkanes of at least 4 members (excludes halogenated alkanes) is 1. The number of hydrogen-bond acceptors (Lipinski definition) is 7. The van der Waals surface area contributed by atoms with Crippen molar-refractivity contribution < 1.29 is 29.1 Å². The summed E-state index contributed by atoms with van der Waals surface area (Å²) in [4.78, 5) is 58.5. The van der Waals surface area contributed by atoms with Crippen LogP contribution in [0.3, 0.4) is 0 Å². The summed E-state index contributed by atoms with van der Waals surface area (Å²) in [7, 11) is 0. The molecule has 12 heteroatoms. The molecule has 4 amide bonds. The highest BCUT2D eigenvalue weighted by molar-refractivity contribution is 5.94. The minimum atomic E-state index is -1.23. The molecule has 0 bridgehead atoms. The lowest BCUT2D eigenvalue weighted by molar-refractivity contribution is -0.141. The first-order valence-electron chi connectivity index (χ1n) is 9.37. The molecule has 12 nitrogen and oxygen atoms in total. The molecular weight excluding hydrogens is 384 g/mol. The fourth-order valence-electron chi connectivity index (χ4n) is 2.25. The fourth-order valence-corrected chi connectivity index (χ4v) is 2.25. The lowest BCUT2D eigenvalue weighted by Crippen LogP contribution is -2.56. The normalized spacial score (nSPS) is 14.8. The van der Waals surface area contributed by atoms with Gasteiger partial charge in [-0.15, -0.1) is 0 Å². The Morgan fingerprint density at radius 2 is 1.45 bits per heavy atom. The molecule has 0 rings (SSSR count). The van der Waals surface area contributed by atoms with Crippen LogP contribution < -0.4 is 33.2 Å². The van der Waals surface area contributed by atoms with E-state index in [1.807, 2.05) is 0 Å². The van der Waals surface area contributed by atoms with Crippen molar-refractivity contribution in [2.24, 2.45) is 17.2 Å². The van der Waals surface area contributed by atoms with E-state index in [2.05, 4.69) is 16.0 Å². The van der Waals surface area contributed by atoms with E-state index in [4.69, 9.17) is 22.3 Å². The van der Waals surface area contributed by atoms with Crippen molar-refractivity contribution in [2.75, 3.05) is 6.54 Å². The highest BCUT2D eigenvalue weighted by Crippen LogP contribution is 2.03. The number of aliphatic carboxylic acids is 1. The molecule has 10 N–H and O–H groups in total. The van der Waals surface area contributed by atoms with Gasteiger partial charge in [-0.3, -0.25) is 24.0 Å². The Balaban J connectivity index is 4.93. The molecule has 0 aromatic rings. The van der Waals surface area contributed by atoms with E-state index in [1.165, 1.54) is 13.8 Å². The van der Waals surface area contributed by atoms with Crippen molar-refractivity contribution in [3.05, 3.63) is 0 Å². The standard InChI is InChI=1S/C17H32N6O6/c1-9(14(25)22-10(2)17(28)29)21-16(27)12(6-7-13(20)24)23-15(26)11(19)5-3-4-8-18/h9-12H,3-8,18-19H2,1-2H3,(H2,20,24)(H,21,27)(H,22,25)(H,23,26)(H,28,29). The van der Waals surface area contributed by atoms with E-state index in [9.17, 15) is 24.0 Å². The van der Waals surface area contributed by atoms with Gasteiger partial charge in [0.25, 0.3) is 0 Å². The largest absolute Gasteiger partial charge is 0.480 e. The first-order chi connectivity index (χ1) is 13.5. The second-order valence-corrected chi connectivity index (χ2v) is 6.76. The number of hydrogen-bond donors (Lipinski definition) is 7. The highest BCUT2D eigenvalue weighted by atomic mass is 16.4. The summed E-state index contributed by atoms with van der Waals surface area (Å²) in [5.74, 6) is -3.91. The van der Waals surface area contributed by atoms with Gasteiger partial charge in [0.15, 0.2) is 0 Å². The Morgan fingerprint density at radius 3 is 1.97 bits per heavy atom. The maximum Gasteiger partial charge on any atom is 0.325 e. The Hall–Kier alpha value is -2.73. The summed E-state index contributed by atoms with van der Waals surface area (Å²) >= 11 is 0. The first kappa shape index (κ1) is 26.3. The van der Waals surface area contributed by atoms with Gasteiger partial charge in [-0.25, -0.2) is 0 Å². The number of carboxylic acids is 1. The number of amides is 4. The van der Waals surface area contributed by atoms with Crippen LogP contribution >= 0.6 is 0 Å². The molecule has 29 heavy (non-hydrogen) atoms. The molecule has 0 aliphatic heterocycles. The summed E-state index contributed by atoms with van der Waals surface area (Å²) < 4.78 is 0. The average molecular weight is 416 g/mol. The van der Waals surface area contributed by atoms with Gasteiger partial charge >= 0.3 is 5.97 Å². The highest BCUT2D eigenvalue weighted by Gasteiger charge is 2.27. The van der Waals surface area contributed by atoms with Gasteiger partial charge in [0, 0.05) is 6.42 Å². The third kappa shape index (κ3) is 11.0. The molecular formula is C17H32N6O6. The first-order valence-corrected chi connectivity index (χ1v) is 9.37. The Morgan fingerprint density at radius 1 is 0.862 bits per heavy atom. The SMILES string of the molecule is CC(NC(=O)C(C)NC(=O)C(CCC(N)=O)NC(=O)C(N)CCCCN)C(=O)O. The van der Waals surface area contributed by atoms with Crippen molar-refractivity contribution in [2.45, 2.75) is 70.1 Å². The van der Waals surface area contributed by atoms with E-state index in [-0.39, 0.29) is 12.8 Å². The lowest BCUT2D eigenvalue weighted by atomic mass is 10.1. The Labute approximate surface area is 169 Å². The molecule has 0 fully saturated rings. The number of carbonyl (C=O) groups is 5. The number of nitrogens with two attached hydrogens (primary N) is 3. The van der Waals surface area contributed by atoms with Crippen molar-refractivity contribution in [1.82, 2.24) is 16.0 Å². The van der Waals surface area contributed by atoms with Crippen LogP contribution in [0.2, 0.25) is 0 Å². The van der Waals surface area contributed by atoms with Gasteiger partial charge < -0.3 is 38.3 Å². The van der Waals surface area contributed by atoms with E-state index in [1.54, 1.807) is 0 Å². The van der Waals surface area contributed by atoms with Crippen molar-refractivity contribution in [1.29, 1.82) is 0 Å². The number of carbonyl (C=O) groups excluding carboxylic acids is 4. The summed E-state index contributed by atoms with van der Waals surface area (Å²) in [5, 5.41) is 15.9. The second kappa shape index (κ2) is 13.4. The average Bonchev–Trinajstić information content (AvgIpc) is 2.64. The maximum atomic E-state index is 12.5. The van der Waals surface area contributed by atoms with Gasteiger partial charge in [-0.05, 0) is 39.7 Å². The topological polar surface area (TPSA) is 220 Å². The molecule has 0 heterocycles. The molecule has 0 spiro atoms. The summed E-state index contributed by atoms with van der Waals surface area (Å²) in [6, 6.07) is -4.21. The van der Waals surface area contributed by atoms with Crippen LogP contribution in [0.15, 0.2) is 0 Å². The van der Waals surface area contributed by atoms with Gasteiger partial charge in [-0.2, -0.15) is 0 Å². The number of primary amides is 1. The lowest BCUT2D eigenvalue weighted by Gasteiger charge is -2.23. The van der Waals surface area contributed by atoms with Crippen LogP contribution in [0.25, 0.3) is 0 Å². The zero-order valence-electron chi connectivity index (χ0n) is 16.8. The number of rotatable bonds is 14. The molecule has 0 aliphatic carbocycles. The Kier molecular flexibility index (Phi) is 12.2. The van der Waals surface area contributed by atoms with Crippen LogP contribution in [0.4, 0.5) is 0 Å². The van der Waals surface area contributed by atoms with E-state index < -0.39 is 53.8 Å². The zero-order valence-corrected chi connectivity index (χ0v) is 16.8. The smallest absolute Gasteiger partial charge is 0.325 e. The molecule has 166 valence electrons. The summed E-state index contributed by atoms with van der Waals surface area (Å²) in [5.41, 5.74) is 16.3. The van der Waals surface area contributed by atoms with Crippen molar-refractivity contribution >= 4 is 29.6 Å². The third-order valence-electron chi connectivity index (χ3n) is 4.10. The maximum absolute atomic E-state index is 12.5. The molecule has 4 unspecified atom stereocenters. The van der Waals surface area contributed by atoms with Gasteiger partial charge in [0.2, 0.25) is 23.6 Å².